The van der Waals surface area contributed by atoms with Gasteiger partial charge in [-0.15, -0.1) is 0 Å². The molecule has 0 aromatic heterocycles. The molecule has 1 aliphatic rings. The fourth-order valence-corrected chi connectivity index (χ4v) is 2.78. The summed E-state index contributed by atoms with van der Waals surface area (Å²) in [7, 11) is 6.10. The standard InChI is InChI=1S/C15H23F2N3/c1-18-15(11-4-5-13(16)14(17)8-11)9-12-10-19(2)6-7-20(12)3/h4-5,8,12,15,18H,6-7,9-10H2,1-3H3. The third-order valence-electron chi connectivity index (χ3n) is 4.18. The quantitative estimate of drug-likeness (QED) is 0.910. The zero-order valence-electron chi connectivity index (χ0n) is 12.4. The number of halogens is 2. The number of benzene rings is 1. The molecule has 20 heavy (non-hydrogen) atoms. The lowest BCUT2D eigenvalue weighted by Gasteiger charge is -2.39. The molecule has 2 rings (SSSR count). The summed E-state index contributed by atoms with van der Waals surface area (Å²) < 4.78 is 26.4. The molecule has 0 bridgehead atoms. The van der Waals surface area contributed by atoms with Crippen molar-refractivity contribution in [2.24, 2.45) is 0 Å². The summed E-state index contributed by atoms with van der Waals surface area (Å²) in [6.45, 7) is 3.11. The van der Waals surface area contributed by atoms with Gasteiger partial charge in [-0.2, -0.15) is 0 Å². The van der Waals surface area contributed by atoms with Crippen molar-refractivity contribution < 1.29 is 8.78 Å². The molecule has 0 aliphatic carbocycles. The second-order valence-corrected chi connectivity index (χ2v) is 5.65. The van der Waals surface area contributed by atoms with Gasteiger partial charge in [-0.05, 0) is 45.3 Å². The second-order valence-electron chi connectivity index (χ2n) is 5.65. The summed E-state index contributed by atoms with van der Waals surface area (Å²) in [5.41, 5.74) is 0.799. The van der Waals surface area contributed by atoms with Gasteiger partial charge in [0.1, 0.15) is 0 Å². The van der Waals surface area contributed by atoms with Gasteiger partial charge in [0.25, 0.3) is 0 Å². The van der Waals surface area contributed by atoms with Gasteiger partial charge >= 0.3 is 0 Å². The molecule has 1 aromatic rings. The van der Waals surface area contributed by atoms with Gasteiger partial charge in [-0.25, -0.2) is 8.78 Å². The Balaban J connectivity index is 2.09. The highest BCUT2D eigenvalue weighted by atomic mass is 19.2. The molecule has 112 valence electrons. The van der Waals surface area contributed by atoms with Crippen LogP contribution in [0.4, 0.5) is 8.78 Å². The molecular weight excluding hydrogens is 260 g/mol. The van der Waals surface area contributed by atoms with Gasteiger partial charge in [0.05, 0.1) is 0 Å². The van der Waals surface area contributed by atoms with Crippen LogP contribution in [0.1, 0.15) is 18.0 Å². The minimum Gasteiger partial charge on any atom is -0.313 e. The maximum absolute atomic E-state index is 13.4. The van der Waals surface area contributed by atoms with Crippen LogP contribution in [-0.2, 0) is 0 Å². The molecule has 5 heteroatoms. The molecule has 1 aromatic carbocycles. The van der Waals surface area contributed by atoms with E-state index in [9.17, 15) is 8.78 Å². The Morgan fingerprint density at radius 2 is 2.00 bits per heavy atom. The zero-order valence-corrected chi connectivity index (χ0v) is 12.4. The van der Waals surface area contributed by atoms with E-state index in [4.69, 9.17) is 0 Å². The SMILES string of the molecule is CNC(CC1CN(C)CCN1C)c1ccc(F)c(F)c1. The number of nitrogens with one attached hydrogen (secondary N) is 1. The van der Waals surface area contributed by atoms with Crippen molar-refractivity contribution in [2.75, 3.05) is 40.8 Å². The summed E-state index contributed by atoms with van der Waals surface area (Å²) in [6.07, 6.45) is 0.877. The summed E-state index contributed by atoms with van der Waals surface area (Å²) in [5, 5.41) is 3.21. The molecule has 2 unspecified atom stereocenters. The van der Waals surface area contributed by atoms with E-state index in [0.717, 1.165) is 31.6 Å². The van der Waals surface area contributed by atoms with Crippen molar-refractivity contribution in [3.8, 4) is 0 Å². The molecule has 1 heterocycles. The van der Waals surface area contributed by atoms with E-state index in [0.29, 0.717) is 6.04 Å². The smallest absolute Gasteiger partial charge is 0.159 e. The largest absolute Gasteiger partial charge is 0.313 e. The molecule has 0 saturated carbocycles. The van der Waals surface area contributed by atoms with Gasteiger partial charge in [0.15, 0.2) is 11.6 Å². The highest BCUT2D eigenvalue weighted by Crippen LogP contribution is 2.23. The molecular formula is C15H23F2N3. The summed E-state index contributed by atoms with van der Waals surface area (Å²) in [5.74, 6) is -1.57. The zero-order chi connectivity index (χ0) is 14.7. The van der Waals surface area contributed by atoms with E-state index in [1.54, 1.807) is 6.07 Å². The van der Waals surface area contributed by atoms with E-state index in [-0.39, 0.29) is 6.04 Å². The number of nitrogens with zero attached hydrogens (tertiary/aromatic N) is 2. The molecule has 1 N–H and O–H groups in total. The molecule has 2 atom stereocenters. The first kappa shape index (κ1) is 15.4. The predicted octanol–water partition coefficient (Wildman–Crippen LogP) is 1.86. The van der Waals surface area contributed by atoms with Crippen molar-refractivity contribution in [3.05, 3.63) is 35.4 Å². The van der Waals surface area contributed by atoms with Crippen LogP contribution in [0.15, 0.2) is 18.2 Å². The average Bonchev–Trinajstić information content (AvgIpc) is 2.43. The number of likely N-dealkylation sites (N-methyl/N-ethyl adjacent to an activating group) is 2. The van der Waals surface area contributed by atoms with Gasteiger partial charge in [-0.1, -0.05) is 6.07 Å². The van der Waals surface area contributed by atoms with Crippen LogP contribution in [0.5, 0.6) is 0 Å². The third kappa shape index (κ3) is 3.53. The average molecular weight is 283 g/mol. The van der Waals surface area contributed by atoms with Gasteiger partial charge in [-0.3, -0.25) is 0 Å². The lowest BCUT2D eigenvalue weighted by atomic mass is 9.97. The van der Waals surface area contributed by atoms with Crippen molar-refractivity contribution >= 4 is 0 Å². The van der Waals surface area contributed by atoms with Gasteiger partial charge < -0.3 is 15.1 Å². The Bertz CT molecular complexity index is 453. The van der Waals surface area contributed by atoms with Gasteiger partial charge in [0.2, 0.25) is 0 Å². The Kier molecular flexibility index (Phi) is 5.07. The summed E-state index contributed by atoms with van der Waals surface area (Å²) in [6, 6.07) is 4.60. The predicted molar refractivity (Wildman–Crippen MR) is 76.7 cm³/mol. The number of rotatable bonds is 4. The summed E-state index contributed by atoms with van der Waals surface area (Å²) in [4.78, 5) is 4.65. The van der Waals surface area contributed by atoms with Gasteiger partial charge in [0, 0.05) is 31.7 Å². The first-order chi connectivity index (χ1) is 9.51. The molecule has 1 aliphatic heterocycles. The van der Waals surface area contributed by atoms with Crippen LogP contribution in [0, 0.1) is 11.6 Å². The van der Waals surface area contributed by atoms with E-state index >= 15 is 0 Å². The molecule has 0 amide bonds. The fraction of sp³-hybridized carbons (Fsp3) is 0.600. The van der Waals surface area contributed by atoms with Crippen molar-refractivity contribution in [1.29, 1.82) is 0 Å². The monoisotopic (exact) mass is 283 g/mol. The van der Waals surface area contributed by atoms with E-state index in [1.807, 2.05) is 7.05 Å². The highest BCUT2D eigenvalue weighted by Gasteiger charge is 2.25. The Labute approximate surface area is 119 Å². The van der Waals surface area contributed by atoms with Crippen LogP contribution in [0.2, 0.25) is 0 Å². The maximum Gasteiger partial charge on any atom is 0.159 e. The third-order valence-corrected chi connectivity index (χ3v) is 4.18. The molecule has 0 spiro atoms. The van der Waals surface area contributed by atoms with Crippen molar-refractivity contribution in [2.45, 2.75) is 18.5 Å². The van der Waals surface area contributed by atoms with E-state index in [2.05, 4.69) is 29.2 Å². The normalized spacial score (nSPS) is 22.9. The number of hydrogen-bond donors (Lipinski definition) is 1. The Morgan fingerprint density at radius 3 is 2.65 bits per heavy atom. The highest BCUT2D eigenvalue weighted by molar-refractivity contribution is 5.21. The lowest BCUT2D eigenvalue weighted by Crippen LogP contribution is -2.50. The topological polar surface area (TPSA) is 18.5 Å². The molecule has 3 nitrogen and oxygen atoms in total. The lowest BCUT2D eigenvalue weighted by molar-refractivity contribution is 0.102. The van der Waals surface area contributed by atoms with E-state index in [1.165, 1.54) is 12.1 Å². The van der Waals surface area contributed by atoms with Crippen LogP contribution in [0.3, 0.4) is 0 Å². The van der Waals surface area contributed by atoms with Crippen LogP contribution in [-0.4, -0.2) is 56.6 Å². The number of hydrogen-bond acceptors (Lipinski definition) is 3. The van der Waals surface area contributed by atoms with Crippen molar-refractivity contribution in [3.63, 3.8) is 0 Å². The maximum atomic E-state index is 13.4. The molecule has 0 radical (unpaired) electrons. The Hall–Kier alpha value is -1.04. The number of piperazine rings is 1. The second kappa shape index (κ2) is 6.61. The minimum absolute atomic E-state index is 0.0315. The van der Waals surface area contributed by atoms with E-state index < -0.39 is 11.6 Å². The van der Waals surface area contributed by atoms with Crippen LogP contribution >= 0.6 is 0 Å². The Morgan fingerprint density at radius 1 is 1.25 bits per heavy atom. The van der Waals surface area contributed by atoms with Crippen LogP contribution in [0.25, 0.3) is 0 Å². The fourth-order valence-electron chi connectivity index (χ4n) is 2.78. The van der Waals surface area contributed by atoms with Crippen molar-refractivity contribution in [1.82, 2.24) is 15.1 Å². The minimum atomic E-state index is -0.793. The van der Waals surface area contributed by atoms with Crippen LogP contribution < -0.4 is 5.32 Å². The first-order valence-corrected chi connectivity index (χ1v) is 7.02. The first-order valence-electron chi connectivity index (χ1n) is 7.02. The summed E-state index contributed by atoms with van der Waals surface area (Å²) >= 11 is 0. The molecule has 1 fully saturated rings. The molecule has 1 saturated heterocycles.